The third-order valence-electron chi connectivity index (χ3n) is 3.30. The number of hydrogen-bond acceptors (Lipinski definition) is 3. The van der Waals surface area contributed by atoms with Gasteiger partial charge in [0.25, 0.3) is 5.91 Å². The molecule has 0 bridgehead atoms. The number of nitrogens with one attached hydrogen (secondary N) is 1. The number of carbonyl (C=O) groups excluding carboxylic acids is 1. The maximum atomic E-state index is 13.0. The van der Waals surface area contributed by atoms with E-state index < -0.39 is 0 Å². The van der Waals surface area contributed by atoms with Crippen molar-refractivity contribution >= 4 is 5.91 Å². The quantitative estimate of drug-likeness (QED) is 0.876. The Hall–Kier alpha value is -1.62. The van der Waals surface area contributed by atoms with Crippen LogP contribution in [0.2, 0.25) is 0 Å². The van der Waals surface area contributed by atoms with E-state index in [9.17, 15) is 9.18 Å². The molecule has 0 radical (unpaired) electrons. The Balaban J connectivity index is 1.87. The summed E-state index contributed by atoms with van der Waals surface area (Å²) < 4.78 is 18.3. The first-order valence-electron chi connectivity index (χ1n) is 6.53. The SMILES string of the molecule is CNC[C@H]1CCCN1C(=O)COc1cccc(F)c1. The van der Waals surface area contributed by atoms with E-state index in [1.165, 1.54) is 12.1 Å². The van der Waals surface area contributed by atoms with Crippen LogP contribution >= 0.6 is 0 Å². The molecule has 104 valence electrons. The molecule has 1 aliphatic heterocycles. The van der Waals surface area contributed by atoms with Gasteiger partial charge in [-0.1, -0.05) is 6.07 Å². The van der Waals surface area contributed by atoms with Crippen LogP contribution in [0.1, 0.15) is 12.8 Å². The van der Waals surface area contributed by atoms with Crippen molar-refractivity contribution < 1.29 is 13.9 Å². The first-order chi connectivity index (χ1) is 9.20. The van der Waals surface area contributed by atoms with E-state index in [0.717, 1.165) is 25.9 Å². The first-order valence-corrected chi connectivity index (χ1v) is 6.53. The third-order valence-corrected chi connectivity index (χ3v) is 3.30. The van der Waals surface area contributed by atoms with Crippen LogP contribution in [-0.4, -0.2) is 43.6 Å². The second-order valence-corrected chi connectivity index (χ2v) is 4.69. The minimum Gasteiger partial charge on any atom is -0.484 e. The monoisotopic (exact) mass is 266 g/mol. The van der Waals surface area contributed by atoms with Gasteiger partial charge in [0.05, 0.1) is 0 Å². The molecule has 5 heteroatoms. The molecule has 4 nitrogen and oxygen atoms in total. The van der Waals surface area contributed by atoms with Crippen LogP contribution in [-0.2, 0) is 4.79 Å². The number of rotatable bonds is 5. The Morgan fingerprint density at radius 1 is 1.58 bits per heavy atom. The van der Waals surface area contributed by atoms with Crippen LogP contribution in [0.25, 0.3) is 0 Å². The summed E-state index contributed by atoms with van der Waals surface area (Å²) in [6, 6.07) is 6.08. The number of ether oxygens (including phenoxy) is 1. The van der Waals surface area contributed by atoms with Crippen LogP contribution in [0.15, 0.2) is 24.3 Å². The molecule has 1 saturated heterocycles. The molecule has 0 aliphatic carbocycles. The Kier molecular flexibility index (Phi) is 4.74. The van der Waals surface area contributed by atoms with Crippen molar-refractivity contribution in [2.24, 2.45) is 0 Å². The highest BCUT2D eigenvalue weighted by Gasteiger charge is 2.28. The molecule has 1 aromatic carbocycles. The molecule has 1 atom stereocenters. The highest BCUT2D eigenvalue weighted by molar-refractivity contribution is 5.78. The summed E-state index contributed by atoms with van der Waals surface area (Å²) in [4.78, 5) is 13.9. The lowest BCUT2D eigenvalue weighted by Gasteiger charge is -2.24. The van der Waals surface area contributed by atoms with Gasteiger partial charge in [-0.2, -0.15) is 0 Å². The fraction of sp³-hybridized carbons (Fsp3) is 0.500. The lowest BCUT2D eigenvalue weighted by molar-refractivity contribution is -0.134. The zero-order valence-corrected chi connectivity index (χ0v) is 11.1. The van der Waals surface area contributed by atoms with Gasteiger partial charge in [0.2, 0.25) is 0 Å². The molecule has 1 fully saturated rings. The lowest BCUT2D eigenvalue weighted by atomic mass is 10.2. The van der Waals surface area contributed by atoms with Crippen molar-refractivity contribution in [3.8, 4) is 5.75 Å². The molecule has 0 aromatic heterocycles. The van der Waals surface area contributed by atoms with Gasteiger partial charge in [0.1, 0.15) is 11.6 Å². The molecule has 1 N–H and O–H groups in total. The number of likely N-dealkylation sites (N-methyl/N-ethyl adjacent to an activating group) is 1. The number of nitrogens with zero attached hydrogens (tertiary/aromatic N) is 1. The second-order valence-electron chi connectivity index (χ2n) is 4.69. The van der Waals surface area contributed by atoms with Crippen LogP contribution in [0.3, 0.4) is 0 Å². The molecule has 2 rings (SSSR count). The minimum atomic E-state index is -0.362. The molecule has 1 heterocycles. The van der Waals surface area contributed by atoms with Crippen LogP contribution in [0.5, 0.6) is 5.75 Å². The predicted octanol–water partition coefficient (Wildman–Crippen LogP) is 1.41. The smallest absolute Gasteiger partial charge is 0.260 e. The van der Waals surface area contributed by atoms with Crippen molar-refractivity contribution in [1.82, 2.24) is 10.2 Å². The maximum Gasteiger partial charge on any atom is 0.260 e. The molecule has 1 aliphatic rings. The second kappa shape index (κ2) is 6.52. The van der Waals surface area contributed by atoms with E-state index in [1.807, 2.05) is 11.9 Å². The molecule has 0 spiro atoms. The van der Waals surface area contributed by atoms with Crippen LogP contribution in [0, 0.1) is 5.82 Å². The largest absolute Gasteiger partial charge is 0.484 e. The fourth-order valence-electron chi connectivity index (χ4n) is 2.40. The van der Waals surface area contributed by atoms with Crippen molar-refractivity contribution in [1.29, 1.82) is 0 Å². The van der Waals surface area contributed by atoms with Gasteiger partial charge in [0, 0.05) is 25.2 Å². The summed E-state index contributed by atoms with van der Waals surface area (Å²) in [5, 5.41) is 3.09. The summed E-state index contributed by atoms with van der Waals surface area (Å²) in [6.07, 6.45) is 2.05. The van der Waals surface area contributed by atoms with E-state index in [1.54, 1.807) is 12.1 Å². The van der Waals surface area contributed by atoms with Crippen molar-refractivity contribution in [2.75, 3.05) is 26.7 Å². The Labute approximate surface area is 112 Å². The number of benzene rings is 1. The highest BCUT2D eigenvalue weighted by atomic mass is 19.1. The molecular formula is C14H19FN2O2. The molecule has 19 heavy (non-hydrogen) atoms. The zero-order chi connectivity index (χ0) is 13.7. The number of likely N-dealkylation sites (tertiary alicyclic amines) is 1. The van der Waals surface area contributed by atoms with Crippen LogP contribution in [0.4, 0.5) is 4.39 Å². The molecule has 1 aromatic rings. The zero-order valence-electron chi connectivity index (χ0n) is 11.1. The Morgan fingerprint density at radius 2 is 2.42 bits per heavy atom. The molecule has 0 saturated carbocycles. The van der Waals surface area contributed by atoms with E-state index in [0.29, 0.717) is 5.75 Å². The van der Waals surface area contributed by atoms with Gasteiger partial charge in [0.15, 0.2) is 6.61 Å². The number of amides is 1. The topological polar surface area (TPSA) is 41.6 Å². The maximum absolute atomic E-state index is 13.0. The summed E-state index contributed by atoms with van der Waals surface area (Å²) in [7, 11) is 1.88. The first kappa shape index (κ1) is 13.8. The van der Waals surface area contributed by atoms with E-state index in [2.05, 4.69) is 5.32 Å². The summed E-state index contributed by atoms with van der Waals surface area (Å²) in [5.74, 6) is -0.0149. The van der Waals surface area contributed by atoms with Gasteiger partial charge in [-0.3, -0.25) is 4.79 Å². The normalized spacial score (nSPS) is 18.6. The Morgan fingerprint density at radius 3 is 3.16 bits per heavy atom. The Bertz CT molecular complexity index is 439. The standard InChI is InChI=1S/C14H19FN2O2/c1-16-9-12-5-3-7-17(12)14(18)10-19-13-6-2-4-11(15)8-13/h2,4,6,8,12,16H,3,5,7,9-10H2,1H3/t12-/m1/s1. The van der Waals surface area contributed by atoms with E-state index >= 15 is 0 Å². The molecule has 0 unspecified atom stereocenters. The summed E-state index contributed by atoms with van der Waals surface area (Å²) in [5.41, 5.74) is 0. The molecular weight excluding hydrogens is 247 g/mol. The average molecular weight is 266 g/mol. The average Bonchev–Trinajstić information content (AvgIpc) is 2.85. The van der Waals surface area contributed by atoms with Crippen molar-refractivity contribution in [3.05, 3.63) is 30.1 Å². The fourth-order valence-corrected chi connectivity index (χ4v) is 2.40. The summed E-state index contributed by atoms with van der Waals surface area (Å²) in [6.45, 7) is 1.53. The van der Waals surface area contributed by atoms with Gasteiger partial charge in [-0.05, 0) is 32.0 Å². The number of halogens is 1. The van der Waals surface area contributed by atoms with Crippen molar-refractivity contribution in [2.45, 2.75) is 18.9 Å². The van der Waals surface area contributed by atoms with E-state index in [-0.39, 0.29) is 24.4 Å². The van der Waals surface area contributed by atoms with Gasteiger partial charge in [-0.25, -0.2) is 4.39 Å². The van der Waals surface area contributed by atoms with Crippen LogP contribution < -0.4 is 10.1 Å². The minimum absolute atomic E-state index is 0.0380. The van der Waals surface area contributed by atoms with Gasteiger partial charge in [-0.15, -0.1) is 0 Å². The van der Waals surface area contributed by atoms with Gasteiger partial charge >= 0.3 is 0 Å². The predicted molar refractivity (Wildman–Crippen MR) is 70.6 cm³/mol. The highest BCUT2D eigenvalue weighted by Crippen LogP contribution is 2.17. The lowest BCUT2D eigenvalue weighted by Crippen LogP contribution is -2.43. The number of carbonyl (C=O) groups is 1. The third kappa shape index (κ3) is 3.67. The van der Waals surface area contributed by atoms with Gasteiger partial charge < -0.3 is 15.0 Å². The van der Waals surface area contributed by atoms with Crippen molar-refractivity contribution in [3.63, 3.8) is 0 Å². The van der Waals surface area contributed by atoms with E-state index in [4.69, 9.17) is 4.74 Å². The number of hydrogen-bond donors (Lipinski definition) is 1. The molecule has 1 amide bonds. The summed E-state index contributed by atoms with van der Waals surface area (Å²) >= 11 is 0.